The van der Waals surface area contributed by atoms with Crippen LogP contribution in [0.4, 0.5) is 21.6 Å². The molecule has 6 nitrogen and oxygen atoms in total. The third-order valence-electron chi connectivity index (χ3n) is 3.74. The lowest BCUT2D eigenvalue weighted by atomic mass is 10.2. The van der Waals surface area contributed by atoms with E-state index in [0.29, 0.717) is 11.4 Å². The van der Waals surface area contributed by atoms with Crippen LogP contribution in [0.1, 0.15) is 5.56 Å². The van der Waals surface area contributed by atoms with Crippen molar-refractivity contribution >= 4 is 27.2 Å². The Kier molecular flexibility index (Phi) is 5.27. The first kappa shape index (κ1) is 18.7. The molecule has 3 rings (SSSR count). The number of aryl methyl sites for hydroxylation is 1. The second-order valence-electron chi connectivity index (χ2n) is 5.82. The molecule has 0 amide bonds. The van der Waals surface area contributed by atoms with E-state index in [9.17, 15) is 12.8 Å². The van der Waals surface area contributed by atoms with Gasteiger partial charge in [0.05, 0.1) is 19.0 Å². The number of sulfonamides is 1. The van der Waals surface area contributed by atoms with Gasteiger partial charge in [0.2, 0.25) is 0 Å². The predicted octanol–water partition coefficient (Wildman–Crippen LogP) is 4.08. The molecule has 1 heterocycles. The summed E-state index contributed by atoms with van der Waals surface area (Å²) >= 11 is 0. The summed E-state index contributed by atoms with van der Waals surface area (Å²) < 4.78 is 45.8. The van der Waals surface area contributed by atoms with Crippen molar-refractivity contribution in [3.05, 3.63) is 72.2 Å². The van der Waals surface area contributed by atoms with Crippen LogP contribution in [0.5, 0.6) is 5.75 Å². The fourth-order valence-electron chi connectivity index (χ4n) is 2.41. The highest BCUT2D eigenvalue weighted by Crippen LogP contribution is 2.26. The number of pyridine rings is 1. The zero-order valence-corrected chi connectivity index (χ0v) is 15.5. The van der Waals surface area contributed by atoms with Crippen LogP contribution in [0.3, 0.4) is 0 Å². The molecule has 0 aliphatic carbocycles. The van der Waals surface area contributed by atoms with E-state index >= 15 is 0 Å². The molecule has 1 aromatic heterocycles. The molecule has 3 aromatic rings. The highest BCUT2D eigenvalue weighted by atomic mass is 32.2. The van der Waals surface area contributed by atoms with Crippen molar-refractivity contribution in [2.45, 2.75) is 11.8 Å². The fourth-order valence-corrected chi connectivity index (χ4v) is 3.68. The van der Waals surface area contributed by atoms with Crippen LogP contribution in [-0.2, 0) is 10.0 Å². The van der Waals surface area contributed by atoms with Crippen LogP contribution < -0.4 is 14.8 Å². The lowest BCUT2D eigenvalue weighted by Crippen LogP contribution is -2.15. The molecule has 0 aliphatic heterocycles. The zero-order valence-electron chi connectivity index (χ0n) is 14.7. The Hall–Kier alpha value is -3.13. The van der Waals surface area contributed by atoms with Crippen LogP contribution in [0.25, 0.3) is 0 Å². The molecule has 27 heavy (non-hydrogen) atoms. The van der Waals surface area contributed by atoms with Crippen molar-refractivity contribution in [1.82, 2.24) is 4.98 Å². The van der Waals surface area contributed by atoms with Crippen molar-refractivity contribution in [3.63, 3.8) is 0 Å². The van der Waals surface area contributed by atoms with Gasteiger partial charge in [0, 0.05) is 5.69 Å². The van der Waals surface area contributed by atoms with Gasteiger partial charge in [0.1, 0.15) is 22.3 Å². The summed E-state index contributed by atoms with van der Waals surface area (Å²) in [4.78, 5) is 4.16. The van der Waals surface area contributed by atoms with Gasteiger partial charge in [-0.2, -0.15) is 0 Å². The number of halogens is 1. The molecular weight excluding hydrogens is 369 g/mol. The van der Waals surface area contributed by atoms with E-state index in [1.807, 2.05) is 0 Å². The number of aromatic nitrogens is 1. The van der Waals surface area contributed by atoms with Gasteiger partial charge in [-0.05, 0) is 61.0 Å². The number of ether oxygens (including phenoxy) is 1. The summed E-state index contributed by atoms with van der Waals surface area (Å²) in [6, 6.07) is 14.0. The lowest BCUT2D eigenvalue weighted by molar-refractivity contribution is 0.402. The quantitative estimate of drug-likeness (QED) is 0.666. The Morgan fingerprint density at radius 1 is 1.00 bits per heavy atom. The van der Waals surface area contributed by atoms with Gasteiger partial charge >= 0.3 is 0 Å². The smallest absolute Gasteiger partial charge is 0.266 e. The maximum absolute atomic E-state index is 12.9. The number of anilines is 3. The van der Waals surface area contributed by atoms with E-state index in [1.54, 1.807) is 37.3 Å². The Bertz CT molecular complexity index is 1040. The molecule has 0 unspecified atom stereocenters. The first-order valence-corrected chi connectivity index (χ1v) is 9.52. The molecule has 0 bridgehead atoms. The van der Waals surface area contributed by atoms with Crippen molar-refractivity contribution < 1.29 is 17.5 Å². The van der Waals surface area contributed by atoms with E-state index < -0.39 is 10.0 Å². The molecule has 0 aliphatic rings. The van der Waals surface area contributed by atoms with Gasteiger partial charge in [0.25, 0.3) is 10.0 Å². The Balaban J connectivity index is 1.77. The summed E-state index contributed by atoms with van der Waals surface area (Å²) in [5, 5.41) is 3.05. The number of rotatable bonds is 6. The summed E-state index contributed by atoms with van der Waals surface area (Å²) in [6.07, 6.45) is 1.48. The minimum absolute atomic E-state index is 0.0420. The van der Waals surface area contributed by atoms with E-state index in [1.165, 1.54) is 37.6 Å². The third kappa shape index (κ3) is 4.53. The average molecular weight is 387 g/mol. The monoisotopic (exact) mass is 387 g/mol. The van der Waals surface area contributed by atoms with Crippen molar-refractivity contribution in [1.29, 1.82) is 0 Å². The third-order valence-corrected chi connectivity index (χ3v) is 5.12. The molecule has 0 atom stereocenters. The van der Waals surface area contributed by atoms with Crippen LogP contribution in [0, 0.1) is 12.7 Å². The molecule has 140 valence electrons. The van der Waals surface area contributed by atoms with Crippen molar-refractivity contribution in [2.24, 2.45) is 0 Å². The molecule has 0 radical (unpaired) electrons. The summed E-state index contributed by atoms with van der Waals surface area (Å²) in [6.45, 7) is 1.80. The Morgan fingerprint density at radius 3 is 2.33 bits per heavy atom. The summed E-state index contributed by atoms with van der Waals surface area (Å²) in [7, 11) is -2.44. The first-order valence-electron chi connectivity index (χ1n) is 8.03. The van der Waals surface area contributed by atoms with E-state index in [-0.39, 0.29) is 22.3 Å². The van der Waals surface area contributed by atoms with Gasteiger partial charge in [-0.15, -0.1) is 0 Å². The standard InChI is InChI=1S/C19H18FN3O3S/c1-13-3-9-17(26-2)18(11-13)27(24,25)23-19-10-8-16(12-21-19)22-15-6-4-14(20)5-7-15/h3-12,22H,1-2H3,(H,21,23). The number of hydrogen-bond acceptors (Lipinski definition) is 5. The second-order valence-corrected chi connectivity index (χ2v) is 7.47. The first-order chi connectivity index (χ1) is 12.9. The van der Waals surface area contributed by atoms with Crippen LogP contribution in [0.15, 0.2) is 65.7 Å². The molecule has 2 N–H and O–H groups in total. The average Bonchev–Trinajstić information content (AvgIpc) is 2.65. The molecule has 2 aromatic carbocycles. The van der Waals surface area contributed by atoms with Gasteiger partial charge < -0.3 is 10.1 Å². The van der Waals surface area contributed by atoms with E-state index in [2.05, 4.69) is 15.0 Å². The maximum atomic E-state index is 12.9. The fraction of sp³-hybridized carbons (Fsp3) is 0.105. The number of nitrogens with zero attached hydrogens (tertiary/aromatic N) is 1. The number of nitrogens with one attached hydrogen (secondary N) is 2. The summed E-state index contributed by atoms with van der Waals surface area (Å²) in [5.74, 6) is 0.0981. The molecule has 0 spiro atoms. The SMILES string of the molecule is COc1ccc(C)cc1S(=O)(=O)Nc1ccc(Nc2ccc(F)cc2)cn1. The van der Waals surface area contributed by atoms with Crippen LogP contribution >= 0.6 is 0 Å². The van der Waals surface area contributed by atoms with Gasteiger partial charge in [-0.3, -0.25) is 4.72 Å². The second kappa shape index (κ2) is 7.63. The number of benzene rings is 2. The van der Waals surface area contributed by atoms with E-state index in [4.69, 9.17) is 4.74 Å². The highest BCUT2D eigenvalue weighted by Gasteiger charge is 2.20. The van der Waals surface area contributed by atoms with Crippen molar-refractivity contribution in [3.8, 4) is 5.75 Å². The van der Waals surface area contributed by atoms with Crippen molar-refractivity contribution in [2.75, 3.05) is 17.1 Å². The van der Waals surface area contributed by atoms with Crippen LogP contribution in [-0.4, -0.2) is 20.5 Å². The van der Waals surface area contributed by atoms with E-state index in [0.717, 1.165) is 5.56 Å². The molecule has 0 saturated carbocycles. The summed E-state index contributed by atoms with van der Waals surface area (Å²) in [5.41, 5.74) is 2.12. The minimum Gasteiger partial charge on any atom is -0.495 e. The zero-order chi connectivity index (χ0) is 19.4. The largest absolute Gasteiger partial charge is 0.495 e. The predicted molar refractivity (Wildman–Crippen MR) is 102 cm³/mol. The normalized spacial score (nSPS) is 11.1. The lowest BCUT2D eigenvalue weighted by Gasteiger charge is -2.12. The molecule has 0 fully saturated rings. The van der Waals surface area contributed by atoms with Crippen LogP contribution in [0.2, 0.25) is 0 Å². The maximum Gasteiger partial charge on any atom is 0.266 e. The van der Waals surface area contributed by atoms with Gasteiger partial charge in [-0.25, -0.2) is 17.8 Å². The molecule has 0 saturated heterocycles. The Morgan fingerprint density at radius 2 is 1.70 bits per heavy atom. The highest BCUT2D eigenvalue weighted by molar-refractivity contribution is 7.92. The topological polar surface area (TPSA) is 80.3 Å². The minimum atomic E-state index is -3.85. The van der Waals surface area contributed by atoms with Gasteiger partial charge in [-0.1, -0.05) is 6.07 Å². The Labute approximate surface area is 157 Å². The molecular formula is C19H18FN3O3S. The van der Waals surface area contributed by atoms with Gasteiger partial charge in [0.15, 0.2) is 0 Å². The number of methoxy groups -OCH3 is 1. The number of hydrogen-bond donors (Lipinski definition) is 2. The molecule has 8 heteroatoms.